The zero-order valence-electron chi connectivity index (χ0n) is 19.8. The van der Waals surface area contributed by atoms with Crippen LogP contribution in [0.2, 0.25) is 0 Å². The number of carbonyl (C=O) groups excluding carboxylic acids is 2. The Balaban J connectivity index is 1.42. The van der Waals surface area contributed by atoms with Crippen molar-refractivity contribution in [2.24, 2.45) is 0 Å². The number of esters is 1. The second-order valence-corrected chi connectivity index (χ2v) is 9.84. The van der Waals surface area contributed by atoms with Crippen molar-refractivity contribution in [2.75, 3.05) is 18.7 Å². The molecule has 1 aliphatic carbocycles. The molecule has 8 heteroatoms. The zero-order valence-corrected chi connectivity index (χ0v) is 20.6. The van der Waals surface area contributed by atoms with Crippen molar-refractivity contribution in [3.63, 3.8) is 0 Å². The Morgan fingerprint density at radius 3 is 2.78 bits per heavy atom. The van der Waals surface area contributed by atoms with E-state index in [0.29, 0.717) is 38.8 Å². The summed E-state index contributed by atoms with van der Waals surface area (Å²) in [5, 5.41) is 4.33. The van der Waals surface area contributed by atoms with Crippen LogP contribution in [0.3, 0.4) is 0 Å². The van der Waals surface area contributed by atoms with Gasteiger partial charge in [-0.05, 0) is 68.5 Å². The van der Waals surface area contributed by atoms with Gasteiger partial charge in [-0.2, -0.15) is 0 Å². The molecule has 7 nitrogen and oxygen atoms in total. The van der Waals surface area contributed by atoms with Gasteiger partial charge in [0, 0.05) is 15.8 Å². The fourth-order valence-corrected chi connectivity index (χ4v) is 6.08. The minimum absolute atomic E-state index is 0.186. The number of nitrogens with one attached hydrogen (secondary N) is 1. The minimum atomic E-state index is -0.382. The number of ether oxygens (including phenoxy) is 3. The Kier molecular flexibility index (Phi) is 5.81. The highest BCUT2D eigenvalue weighted by Gasteiger charge is 2.28. The van der Waals surface area contributed by atoms with Crippen LogP contribution in [0.4, 0.5) is 5.00 Å². The van der Waals surface area contributed by atoms with E-state index in [9.17, 15) is 9.59 Å². The number of hydrogen-bond acceptors (Lipinski definition) is 7. The molecule has 0 saturated carbocycles. The highest BCUT2D eigenvalue weighted by atomic mass is 32.1. The number of nitrogens with zero attached hydrogens (tertiary/aromatic N) is 1. The Labute approximate surface area is 212 Å². The van der Waals surface area contributed by atoms with Crippen LogP contribution in [0.5, 0.6) is 11.5 Å². The van der Waals surface area contributed by atoms with E-state index >= 15 is 0 Å². The molecule has 3 heterocycles. The summed E-state index contributed by atoms with van der Waals surface area (Å²) in [5.41, 5.74) is 4.16. The van der Waals surface area contributed by atoms with Gasteiger partial charge in [0.2, 0.25) is 6.79 Å². The molecule has 0 unspecified atom stereocenters. The van der Waals surface area contributed by atoms with Gasteiger partial charge in [0.1, 0.15) is 5.00 Å². The number of anilines is 1. The third-order valence-corrected chi connectivity index (χ3v) is 7.71. The van der Waals surface area contributed by atoms with Crippen molar-refractivity contribution in [2.45, 2.75) is 32.6 Å². The molecule has 182 valence electrons. The number of hydrogen-bond donors (Lipinski definition) is 1. The van der Waals surface area contributed by atoms with Gasteiger partial charge >= 0.3 is 5.97 Å². The average Bonchev–Trinajstić information content (AvgIpc) is 3.51. The molecule has 0 bridgehead atoms. The van der Waals surface area contributed by atoms with Gasteiger partial charge < -0.3 is 19.5 Å². The van der Waals surface area contributed by atoms with Crippen molar-refractivity contribution in [1.29, 1.82) is 0 Å². The summed E-state index contributed by atoms with van der Waals surface area (Å²) in [4.78, 5) is 32.5. The molecule has 2 aliphatic rings. The third-order valence-electron chi connectivity index (χ3n) is 6.51. The van der Waals surface area contributed by atoms with E-state index < -0.39 is 0 Å². The Morgan fingerprint density at radius 2 is 1.89 bits per heavy atom. The SMILES string of the molecule is CCOC(=O)c1c(NC(=O)c2cc(-c3ccc4c(c3)OCO4)nc3ccccc23)sc2c1CCCC2. The molecule has 0 radical (unpaired) electrons. The summed E-state index contributed by atoms with van der Waals surface area (Å²) in [6.07, 6.45) is 3.84. The Bertz CT molecular complexity index is 1510. The molecule has 0 atom stereocenters. The second kappa shape index (κ2) is 9.28. The largest absolute Gasteiger partial charge is 0.462 e. The van der Waals surface area contributed by atoms with E-state index in [4.69, 9.17) is 19.2 Å². The molecular formula is C28H24N2O5S. The van der Waals surface area contributed by atoms with Crippen LogP contribution >= 0.6 is 11.3 Å². The van der Waals surface area contributed by atoms with Crippen molar-refractivity contribution in [3.8, 4) is 22.8 Å². The van der Waals surface area contributed by atoms with Gasteiger partial charge in [0.05, 0.1) is 28.9 Å². The van der Waals surface area contributed by atoms with Gasteiger partial charge in [0.15, 0.2) is 11.5 Å². The van der Waals surface area contributed by atoms with E-state index in [2.05, 4.69) is 5.32 Å². The number of thiophene rings is 1. The summed E-state index contributed by atoms with van der Waals surface area (Å²) in [5.74, 6) is 0.662. The van der Waals surface area contributed by atoms with Crippen molar-refractivity contribution in [3.05, 3.63) is 70.1 Å². The van der Waals surface area contributed by atoms with Gasteiger partial charge in [0.25, 0.3) is 5.91 Å². The van der Waals surface area contributed by atoms with E-state index in [1.54, 1.807) is 13.0 Å². The van der Waals surface area contributed by atoms with Crippen LogP contribution in [-0.2, 0) is 17.6 Å². The maximum Gasteiger partial charge on any atom is 0.341 e. The monoisotopic (exact) mass is 500 g/mol. The summed E-state index contributed by atoms with van der Waals surface area (Å²) < 4.78 is 16.3. The standard InChI is InChI=1S/C28H24N2O5S/c1-2-33-28(32)25-18-8-4-6-10-24(18)36-27(25)30-26(31)19-14-21(29-20-9-5-3-7-17(19)20)16-11-12-22-23(13-16)35-15-34-22/h3,5,7,9,11-14H,2,4,6,8,10,15H2,1H3,(H,30,31). The number of fused-ring (bicyclic) bond motifs is 3. The predicted octanol–water partition coefficient (Wildman–Crippen LogP) is 6.00. The van der Waals surface area contributed by atoms with Crippen LogP contribution in [-0.4, -0.2) is 30.3 Å². The lowest BCUT2D eigenvalue weighted by Crippen LogP contribution is -2.16. The number of rotatable bonds is 5. The number of para-hydroxylation sites is 1. The van der Waals surface area contributed by atoms with E-state index in [1.165, 1.54) is 11.3 Å². The van der Waals surface area contributed by atoms with Crippen LogP contribution in [0.1, 0.15) is 50.9 Å². The first-order valence-electron chi connectivity index (χ1n) is 12.0. The molecule has 2 aromatic heterocycles. The van der Waals surface area contributed by atoms with Crippen molar-refractivity contribution < 1.29 is 23.8 Å². The van der Waals surface area contributed by atoms with Gasteiger partial charge in [-0.15, -0.1) is 11.3 Å². The molecule has 6 rings (SSSR count). The fourth-order valence-electron chi connectivity index (χ4n) is 4.81. The summed E-state index contributed by atoms with van der Waals surface area (Å²) in [6, 6.07) is 14.9. The minimum Gasteiger partial charge on any atom is -0.462 e. The Morgan fingerprint density at radius 1 is 1.06 bits per heavy atom. The van der Waals surface area contributed by atoms with Crippen LogP contribution < -0.4 is 14.8 Å². The van der Waals surface area contributed by atoms with E-state index in [-0.39, 0.29) is 25.3 Å². The topological polar surface area (TPSA) is 86.8 Å². The number of aromatic nitrogens is 1. The van der Waals surface area contributed by atoms with Crippen LogP contribution in [0.15, 0.2) is 48.5 Å². The van der Waals surface area contributed by atoms with Gasteiger partial charge in [-0.3, -0.25) is 4.79 Å². The molecule has 1 N–H and O–H groups in total. The molecular weight excluding hydrogens is 476 g/mol. The molecule has 1 aliphatic heterocycles. The normalized spacial score (nSPS) is 13.9. The third kappa shape index (κ3) is 3.97. The maximum absolute atomic E-state index is 13.7. The molecule has 0 saturated heterocycles. The van der Waals surface area contributed by atoms with E-state index in [1.807, 2.05) is 42.5 Å². The van der Waals surface area contributed by atoms with E-state index in [0.717, 1.165) is 47.1 Å². The lowest BCUT2D eigenvalue weighted by molar-refractivity contribution is 0.0526. The molecule has 1 amide bonds. The van der Waals surface area contributed by atoms with Gasteiger partial charge in [-0.25, -0.2) is 9.78 Å². The number of amides is 1. The Hall–Kier alpha value is -3.91. The molecule has 0 spiro atoms. The molecule has 36 heavy (non-hydrogen) atoms. The summed E-state index contributed by atoms with van der Waals surface area (Å²) >= 11 is 1.48. The average molecular weight is 501 g/mol. The first kappa shape index (κ1) is 22.5. The predicted molar refractivity (Wildman–Crippen MR) is 138 cm³/mol. The first-order valence-corrected chi connectivity index (χ1v) is 12.9. The fraction of sp³-hybridized carbons (Fsp3) is 0.250. The number of pyridine rings is 1. The number of carbonyl (C=O) groups is 2. The first-order chi connectivity index (χ1) is 17.6. The van der Waals surface area contributed by atoms with Crippen LogP contribution in [0.25, 0.3) is 22.2 Å². The number of aryl methyl sites for hydroxylation is 1. The molecule has 2 aromatic carbocycles. The second-order valence-electron chi connectivity index (χ2n) is 8.73. The van der Waals surface area contributed by atoms with Crippen molar-refractivity contribution in [1.82, 2.24) is 4.98 Å². The molecule has 0 fully saturated rings. The maximum atomic E-state index is 13.7. The quantitative estimate of drug-likeness (QED) is 0.338. The highest BCUT2D eigenvalue weighted by Crippen LogP contribution is 2.40. The summed E-state index contributed by atoms with van der Waals surface area (Å²) in [7, 11) is 0. The smallest absolute Gasteiger partial charge is 0.341 e. The lowest BCUT2D eigenvalue weighted by Gasteiger charge is -2.13. The highest BCUT2D eigenvalue weighted by molar-refractivity contribution is 7.17. The number of benzene rings is 2. The summed E-state index contributed by atoms with van der Waals surface area (Å²) in [6.45, 7) is 2.26. The molecule has 4 aromatic rings. The van der Waals surface area contributed by atoms with Crippen molar-refractivity contribution >= 4 is 39.1 Å². The van der Waals surface area contributed by atoms with Gasteiger partial charge in [-0.1, -0.05) is 18.2 Å². The zero-order chi connectivity index (χ0) is 24.6. The van der Waals surface area contributed by atoms with Crippen LogP contribution in [0, 0.1) is 0 Å². The lowest BCUT2D eigenvalue weighted by atomic mass is 9.95.